The highest BCUT2D eigenvalue weighted by atomic mass is 79.9. The molecular formula is C16H14BrFN2O. The van der Waals surface area contributed by atoms with Gasteiger partial charge < -0.3 is 10.1 Å². The van der Waals surface area contributed by atoms with Crippen LogP contribution in [-0.2, 0) is 13.1 Å². The Kier molecular flexibility index (Phi) is 5.73. The summed E-state index contributed by atoms with van der Waals surface area (Å²) in [5, 5.41) is 11.8. The van der Waals surface area contributed by atoms with E-state index in [1.165, 1.54) is 12.1 Å². The minimum Gasteiger partial charge on any atom is -0.478 e. The standard InChI is InChI=1S/C16H14BrFN2O/c17-15-6-5-14(18)9-13(15)11-20-10-12-3-1-2-4-16(12)21-8-7-19/h1-6,9,20H,8,10-11H2. The van der Waals surface area contributed by atoms with Crippen LogP contribution in [0.15, 0.2) is 46.9 Å². The Hall–Kier alpha value is -1.90. The lowest BCUT2D eigenvalue weighted by atomic mass is 10.2. The second-order valence-electron chi connectivity index (χ2n) is 4.39. The van der Waals surface area contributed by atoms with Crippen LogP contribution in [-0.4, -0.2) is 6.61 Å². The van der Waals surface area contributed by atoms with Gasteiger partial charge in [-0.25, -0.2) is 4.39 Å². The van der Waals surface area contributed by atoms with Crippen molar-refractivity contribution in [3.8, 4) is 11.8 Å². The zero-order chi connectivity index (χ0) is 15.1. The number of nitrogens with zero attached hydrogens (tertiary/aromatic N) is 1. The molecule has 108 valence electrons. The lowest BCUT2D eigenvalue weighted by molar-refractivity contribution is 0.362. The van der Waals surface area contributed by atoms with Gasteiger partial charge in [-0.1, -0.05) is 34.1 Å². The summed E-state index contributed by atoms with van der Waals surface area (Å²) in [6.07, 6.45) is 0. The van der Waals surface area contributed by atoms with Crippen molar-refractivity contribution in [1.82, 2.24) is 5.32 Å². The van der Waals surface area contributed by atoms with Gasteiger partial charge >= 0.3 is 0 Å². The Balaban J connectivity index is 1.97. The van der Waals surface area contributed by atoms with E-state index in [4.69, 9.17) is 10.00 Å². The highest BCUT2D eigenvalue weighted by Crippen LogP contribution is 2.20. The number of nitriles is 1. The second-order valence-corrected chi connectivity index (χ2v) is 5.25. The Morgan fingerprint density at radius 2 is 1.90 bits per heavy atom. The van der Waals surface area contributed by atoms with Crippen molar-refractivity contribution >= 4 is 15.9 Å². The van der Waals surface area contributed by atoms with Gasteiger partial charge in [-0.15, -0.1) is 0 Å². The molecule has 0 aliphatic heterocycles. The SMILES string of the molecule is N#CCOc1ccccc1CNCc1cc(F)ccc1Br. The largest absolute Gasteiger partial charge is 0.478 e. The average molecular weight is 349 g/mol. The van der Waals surface area contributed by atoms with Crippen LogP contribution < -0.4 is 10.1 Å². The van der Waals surface area contributed by atoms with E-state index in [1.807, 2.05) is 30.3 Å². The van der Waals surface area contributed by atoms with Gasteiger partial charge in [0.05, 0.1) is 0 Å². The minimum absolute atomic E-state index is 0.0203. The van der Waals surface area contributed by atoms with Crippen molar-refractivity contribution in [2.24, 2.45) is 0 Å². The van der Waals surface area contributed by atoms with Gasteiger partial charge in [-0.05, 0) is 29.8 Å². The monoisotopic (exact) mass is 348 g/mol. The summed E-state index contributed by atoms with van der Waals surface area (Å²) in [6, 6.07) is 14.1. The lowest BCUT2D eigenvalue weighted by Gasteiger charge is -2.11. The Labute approximate surface area is 131 Å². The molecule has 0 aliphatic rings. The van der Waals surface area contributed by atoms with Gasteiger partial charge in [0.1, 0.15) is 17.6 Å². The van der Waals surface area contributed by atoms with Crippen LogP contribution in [0.2, 0.25) is 0 Å². The first-order valence-electron chi connectivity index (χ1n) is 6.43. The molecule has 2 aromatic carbocycles. The zero-order valence-electron chi connectivity index (χ0n) is 11.3. The first kappa shape index (κ1) is 15.5. The molecular weight excluding hydrogens is 335 g/mol. The Morgan fingerprint density at radius 1 is 1.14 bits per heavy atom. The highest BCUT2D eigenvalue weighted by molar-refractivity contribution is 9.10. The summed E-state index contributed by atoms with van der Waals surface area (Å²) in [4.78, 5) is 0. The molecule has 0 aromatic heterocycles. The van der Waals surface area contributed by atoms with E-state index >= 15 is 0 Å². The Morgan fingerprint density at radius 3 is 2.71 bits per heavy atom. The minimum atomic E-state index is -0.257. The molecule has 0 saturated heterocycles. The van der Waals surface area contributed by atoms with Crippen molar-refractivity contribution in [2.45, 2.75) is 13.1 Å². The van der Waals surface area contributed by atoms with Crippen molar-refractivity contribution in [3.05, 3.63) is 63.9 Å². The van der Waals surface area contributed by atoms with Crippen LogP contribution in [0.3, 0.4) is 0 Å². The van der Waals surface area contributed by atoms with E-state index < -0.39 is 0 Å². The van der Waals surface area contributed by atoms with Crippen LogP contribution in [0.4, 0.5) is 4.39 Å². The fourth-order valence-electron chi connectivity index (χ4n) is 1.91. The number of ether oxygens (including phenoxy) is 1. The fourth-order valence-corrected chi connectivity index (χ4v) is 2.30. The number of nitrogens with one attached hydrogen (secondary N) is 1. The van der Waals surface area contributed by atoms with Gasteiger partial charge in [0.25, 0.3) is 0 Å². The maximum atomic E-state index is 13.2. The van der Waals surface area contributed by atoms with Crippen LogP contribution in [0.1, 0.15) is 11.1 Å². The molecule has 0 saturated carbocycles. The Bertz CT molecular complexity index is 655. The molecule has 5 heteroatoms. The smallest absolute Gasteiger partial charge is 0.174 e. The molecule has 0 unspecified atom stereocenters. The van der Waals surface area contributed by atoms with E-state index in [0.717, 1.165) is 15.6 Å². The molecule has 2 aromatic rings. The first-order valence-corrected chi connectivity index (χ1v) is 7.22. The number of rotatable bonds is 6. The summed E-state index contributed by atoms with van der Waals surface area (Å²) in [5.41, 5.74) is 1.81. The fraction of sp³-hybridized carbons (Fsp3) is 0.188. The topological polar surface area (TPSA) is 45.0 Å². The van der Waals surface area contributed by atoms with E-state index in [1.54, 1.807) is 6.07 Å². The number of hydrogen-bond acceptors (Lipinski definition) is 3. The van der Waals surface area contributed by atoms with Crippen LogP contribution in [0.5, 0.6) is 5.75 Å². The van der Waals surface area contributed by atoms with Crippen LogP contribution in [0, 0.1) is 17.1 Å². The number of halogens is 2. The van der Waals surface area contributed by atoms with E-state index in [-0.39, 0.29) is 12.4 Å². The van der Waals surface area contributed by atoms with Crippen molar-refractivity contribution < 1.29 is 9.13 Å². The zero-order valence-corrected chi connectivity index (χ0v) is 12.9. The summed E-state index contributed by atoms with van der Waals surface area (Å²) in [7, 11) is 0. The van der Waals surface area contributed by atoms with E-state index in [2.05, 4.69) is 21.2 Å². The van der Waals surface area contributed by atoms with Gasteiger partial charge in [-0.3, -0.25) is 0 Å². The molecule has 1 N–H and O–H groups in total. The number of hydrogen-bond donors (Lipinski definition) is 1. The first-order chi connectivity index (χ1) is 10.2. The van der Waals surface area contributed by atoms with Gasteiger partial charge in [0.15, 0.2) is 6.61 Å². The third kappa shape index (κ3) is 4.55. The molecule has 0 spiro atoms. The van der Waals surface area contributed by atoms with E-state index in [9.17, 15) is 4.39 Å². The molecule has 2 rings (SSSR count). The van der Waals surface area contributed by atoms with E-state index in [0.29, 0.717) is 18.8 Å². The van der Waals surface area contributed by atoms with Crippen LogP contribution >= 0.6 is 15.9 Å². The number of benzene rings is 2. The van der Waals surface area contributed by atoms with Gasteiger partial charge in [-0.2, -0.15) is 5.26 Å². The maximum Gasteiger partial charge on any atom is 0.174 e. The third-order valence-electron chi connectivity index (χ3n) is 2.90. The molecule has 0 heterocycles. The molecule has 0 fully saturated rings. The van der Waals surface area contributed by atoms with Crippen LogP contribution in [0.25, 0.3) is 0 Å². The highest BCUT2D eigenvalue weighted by Gasteiger charge is 2.04. The van der Waals surface area contributed by atoms with Crippen molar-refractivity contribution in [2.75, 3.05) is 6.61 Å². The summed E-state index contributed by atoms with van der Waals surface area (Å²) in [5.74, 6) is 0.428. The molecule has 0 radical (unpaired) electrons. The summed E-state index contributed by atoms with van der Waals surface area (Å²) < 4.78 is 19.4. The van der Waals surface area contributed by atoms with Crippen molar-refractivity contribution in [1.29, 1.82) is 5.26 Å². The molecule has 0 amide bonds. The molecule has 0 bridgehead atoms. The molecule has 3 nitrogen and oxygen atoms in total. The predicted octanol–water partition coefficient (Wildman–Crippen LogP) is 3.78. The maximum absolute atomic E-state index is 13.2. The molecule has 21 heavy (non-hydrogen) atoms. The summed E-state index contributed by atoms with van der Waals surface area (Å²) >= 11 is 3.40. The van der Waals surface area contributed by atoms with Crippen molar-refractivity contribution in [3.63, 3.8) is 0 Å². The predicted molar refractivity (Wildman–Crippen MR) is 82.2 cm³/mol. The van der Waals surface area contributed by atoms with Gasteiger partial charge in [0.2, 0.25) is 0 Å². The normalized spacial score (nSPS) is 10.1. The number of para-hydroxylation sites is 1. The lowest BCUT2D eigenvalue weighted by Crippen LogP contribution is -2.14. The second kappa shape index (κ2) is 7.77. The third-order valence-corrected chi connectivity index (χ3v) is 3.68. The summed E-state index contributed by atoms with van der Waals surface area (Å²) in [6.45, 7) is 1.13. The van der Waals surface area contributed by atoms with Gasteiger partial charge in [0, 0.05) is 23.1 Å². The quantitative estimate of drug-likeness (QED) is 0.863. The molecule has 0 aliphatic carbocycles. The molecule has 0 atom stereocenters. The average Bonchev–Trinajstić information content (AvgIpc) is 2.50.